The third-order valence-corrected chi connectivity index (χ3v) is 3.58. The Morgan fingerprint density at radius 1 is 1.29 bits per heavy atom. The minimum absolute atomic E-state index is 0.661. The molecule has 21 heavy (non-hydrogen) atoms. The molecule has 0 fully saturated rings. The van der Waals surface area contributed by atoms with Crippen molar-refractivity contribution in [3.05, 3.63) is 23.9 Å². The molecule has 0 aliphatic heterocycles. The van der Waals surface area contributed by atoms with Crippen molar-refractivity contribution in [3.63, 3.8) is 0 Å². The standard InChI is InChI=1S/C16H29N3O2/c1-6-14(9-10-20-5)8-7-13(2)11-15-17-18-16(21-15)12-19(3)4/h14H,2,6-12H2,1,3-5H3. The molecule has 5 heteroatoms. The van der Waals surface area contributed by atoms with Gasteiger partial charge in [0.15, 0.2) is 0 Å². The molecule has 0 aromatic carbocycles. The van der Waals surface area contributed by atoms with Crippen molar-refractivity contribution in [1.29, 1.82) is 0 Å². The SMILES string of the molecule is C=C(CCC(CC)CCOC)Cc1nnc(CN(C)C)o1. The van der Waals surface area contributed by atoms with Gasteiger partial charge in [-0.1, -0.05) is 25.5 Å². The molecule has 1 unspecified atom stereocenters. The minimum Gasteiger partial charge on any atom is -0.424 e. The second-order valence-electron chi connectivity index (χ2n) is 5.85. The van der Waals surface area contributed by atoms with Crippen LogP contribution in [0, 0.1) is 5.92 Å². The summed E-state index contributed by atoms with van der Waals surface area (Å²) in [6, 6.07) is 0. The van der Waals surface area contributed by atoms with Gasteiger partial charge in [0.2, 0.25) is 11.8 Å². The van der Waals surface area contributed by atoms with Gasteiger partial charge < -0.3 is 14.1 Å². The van der Waals surface area contributed by atoms with Crippen LogP contribution in [-0.4, -0.2) is 42.9 Å². The Kier molecular flexibility index (Phi) is 8.23. The molecule has 0 amide bonds. The van der Waals surface area contributed by atoms with Gasteiger partial charge in [-0.05, 0) is 39.3 Å². The van der Waals surface area contributed by atoms with Crippen LogP contribution in [-0.2, 0) is 17.7 Å². The first kappa shape index (κ1) is 17.9. The third-order valence-electron chi connectivity index (χ3n) is 3.58. The van der Waals surface area contributed by atoms with Crippen LogP contribution in [0.15, 0.2) is 16.6 Å². The van der Waals surface area contributed by atoms with Crippen LogP contribution in [0.4, 0.5) is 0 Å². The molecule has 0 aliphatic carbocycles. The lowest BCUT2D eigenvalue weighted by Crippen LogP contribution is -2.10. The van der Waals surface area contributed by atoms with Crippen LogP contribution in [0.1, 0.15) is 44.4 Å². The summed E-state index contributed by atoms with van der Waals surface area (Å²) in [7, 11) is 5.72. The summed E-state index contributed by atoms with van der Waals surface area (Å²) in [5.41, 5.74) is 1.16. The molecule has 0 aliphatic rings. The van der Waals surface area contributed by atoms with E-state index in [1.165, 1.54) is 6.42 Å². The fraction of sp³-hybridized carbons (Fsp3) is 0.750. The molecule has 0 saturated heterocycles. The maximum absolute atomic E-state index is 5.62. The van der Waals surface area contributed by atoms with Crippen molar-refractivity contribution in [3.8, 4) is 0 Å². The number of rotatable bonds is 11. The van der Waals surface area contributed by atoms with Crippen LogP contribution in [0.5, 0.6) is 0 Å². The van der Waals surface area contributed by atoms with Crippen LogP contribution in [0.25, 0.3) is 0 Å². The fourth-order valence-electron chi connectivity index (χ4n) is 2.24. The topological polar surface area (TPSA) is 51.4 Å². The predicted molar refractivity (Wildman–Crippen MR) is 84.0 cm³/mol. The zero-order valence-electron chi connectivity index (χ0n) is 13.9. The highest BCUT2D eigenvalue weighted by atomic mass is 16.5. The van der Waals surface area contributed by atoms with Gasteiger partial charge in [-0.3, -0.25) is 0 Å². The van der Waals surface area contributed by atoms with E-state index in [2.05, 4.69) is 23.7 Å². The summed E-state index contributed by atoms with van der Waals surface area (Å²) in [6.45, 7) is 7.88. The molecule has 1 aromatic heterocycles. The number of hydrogen-bond donors (Lipinski definition) is 0. The lowest BCUT2D eigenvalue weighted by atomic mass is 9.94. The second-order valence-corrected chi connectivity index (χ2v) is 5.85. The van der Waals surface area contributed by atoms with Crippen LogP contribution in [0.2, 0.25) is 0 Å². The van der Waals surface area contributed by atoms with Crippen LogP contribution >= 0.6 is 0 Å². The quantitative estimate of drug-likeness (QED) is 0.587. The Balaban J connectivity index is 2.34. The van der Waals surface area contributed by atoms with Gasteiger partial charge in [0, 0.05) is 20.1 Å². The number of allylic oxidation sites excluding steroid dienone is 1. The molecule has 0 radical (unpaired) electrons. The summed E-state index contributed by atoms with van der Waals surface area (Å²) < 4.78 is 10.8. The maximum atomic E-state index is 5.62. The zero-order chi connectivity index (χ0) is 15.7. The monoisotopic (exact) mass is 295 g/mol. The Bertz CT molecular complexity index is 415. The predicted octanol–water partition coefficient (Wildman–Crippen LogP) is 3.07. The van der Waals surface area contributed by atoms with Gasteiger partial charge in [-0.2, -0.15) is 0 Å². The van der Waals surface area contributed by atoms with E-state index >= 15 is 0 Å². The molecule has 5 nitrogen and oxygen atoms in total. The van der Waals surface area contributed by atoms with E-state index in [-0.39, 0.29) is 0 Å². The number of hydrogen-bond acceptors (Lipinski definition) is 5. The molecule has 0 saturated carbocycles. The lowest BCUT2D eigenvalue weighted by Gasteiger charge is -2.14. The summed E-state index contributed by atoms with van der Waals surface area (Å²) in [5, 5.41) is 8.13. The van der Waals surface area contributed by atoms with E-state index < -0.39 is 0 Å². The molecular weight excluding hydrogens is 266 g/mol. The number of methoxy groups -OCH3 is 1. The van der Waals surface area contributed by atoms with Crippen molar-refractivity contribution >= 4 is 0 Å². The maximum Gasteiger partial charge on any atom is 0.230 e. The molecule has 1 rings (SSSR count). The van der Waals surface area contributed by atoms with Gasteiger partial charge >= 0.3 is 0 Å². The summed E-state index contributed by atoms with van der Waals surface area (Å²) in [4.78, 5) is 2.01. The van der Waals surface area contributed by atoms with Gasteiger partial charge in [0.05, 0.1) is 6.54 Å². The average molecular weight is 295 g/mol. The average Bonchev–Trinajstić information content (AvgIpc) is 2.85. The van der Waals surface area contributed by atoms with Crippen molar-refractivity contribution < 1.29 is 9.15 Å². The highest BCUT2D eigenvalue weighted by Gasteiger charge is 2.11. The Morgan fingerprint density at radius 3 is 2.62 bits per heavy atom. The van der Waals surface area contributed by atoms with E-state index in [9.17, 15) is 0 Å². The van der Waals surface area contributed by atoms with Crippen LogP contribution in [0.3, 0.4) is 0 Å². The summed E-state index contributed by atoms with van der Waals surface area (Å²) >= 11 is 0. The summed E-state index contributed by atoms with van der Waals surface area (Å²) in [6.07, 6.45) is 5.14. The summed E-state index contributed by atoms with van der Waals surface area (Å²) in [5.74, 6) is 2.03. The van der Waals surface area contributed by atoms with Gasteiger partial charge in [0.1, 0.15) is 0 Å². The normalized spacial score (nSPS) is 12.8. The molecule has 120 valence electrons. The number of aromatic nitrogens is 2. The third kappa shape index (κ3) is 7.39. The molecule has 1 atom stereocenters. The first-order valence-electron chi connectivity index (χ1n) is 7.66. The van der Waals surface area contributed by atoms with Crippen molar-refractivity contribution in [2.45, 2.75) is 45.6 Å². The minimum atomic E-state index is 0.661. The van der Waals surface area contributed by atoms with E-state index in [0.717, 1.165) is 31.4 Å². The smallest absolute Gasteiger partial charge is 0.230 e. The van der Waals surface area contributed by atoms with Crippen molar-refractivity contribution in [2.75, 3.05) is 27.8 Å². The molecule has 1 heterocycles. The van der Waals surface area contributed by atoms with Gasteiger partial charge in [-0.15, -0.1) is 10.2 Å². The van der Waals surface area contributed by atoms with E-state index in [1.54, 1.807) is 7.11 Å². The molecule has 0 spiro atoms. The fourth-order valence-corrected chi connectivity index (χ4v) is 2.24. The molecular formula is C16H29N3O2. The van der Waals surface area contributed by atoms with E-state index in [1.807, 2.05) is 19.0 Å². The Hall–Kier alpha value is -1.20. The Morgan fingerprint density at radius 2 is 2.00 bits per heavy atom. The van der Waals surface area contributed by atoms with Crippen molar-refractivity contribution in [2.24, 2.45) is 5.92 Å². The Labute approximate surface area is 128 Å². The zero-order valence-corrected chi connectivity index (χ0v) is 13.9. The van der Waals surface area contributed by atoms with Gasteiger partial charge in [0.25, 0.3) is 0 Å². The van der Waals surface area contributed by atoms with Gasteiger partial charge in [-0.25, -0.2) is 0 Å². The number of nitrogens with zero attached hydrogens (tertiary/aromatic N) is 3. The first-order chi connectivity index (χ1) is 10.0. The first-order valence-corrected chi connectivity index (χ1v) is 7.66. The van der Waals surface area contributed by atoms with E-state index in [0.29, 0.717) is 30.7 Å². The number of ether oxygens (including phenoxy) is 1. The molecule has 0 N–H and O–H groups in total. The van der Waals surface area contributed by atoms with Crippen LogP contribution < -0.4 is 0 Å². The lowest BCUT2D eigenvalue weighted by molar-refractivity contribution is 0.174. The largest absolute Gasteiger partial charge is 0.424 e. The second kappa shape index (κ2) is 9.68. The highest BCUT2D eigenvalue weighted by molar-refractivity contribution is 5.02. The van der Waals surface area contributed by atoms with Crippen molar-refractivity contribution in [1.82, 2.24) is 15.1 Å². The highest BCUT2D eigenvalue weighted by Crippen LogP contribution is 2.20. The molecule has 0 bridgehead atoms. The molecule has 1 aromatic rings. The van der Waals surface area contributed by atoms with E-state index in [4.69, 9.17) is 9.15 Å².